The lowest BCUT2D eigenvalue weighted by atomic mass is 9.81. The highest BCUT2D eigenvalue weighted by Gasteiger charge is 2.59. The van der Waals surface area contributed by atoms with Crippen LogP contribution in [-0.4, -0.2) is 70.3 Å². The molecule has 2 aromatic rings. The predicted molar refractivity (Wildman–Crippen MR) is 100 cm³/mol. The van der Waals surface area contributed by atoms with Crippen LogP contribution in [-0.2, 0) is 14.3 Å². The van der Waals surface area contributed by atoms with Crippen molar-refractivity contribution < 1.29 is 29.6 Å². The van der Waals surface area contributed by atoms with Gasteiger partial charge in [-0.1, -0.05) is 13.8 Å². The Morgan fingerprint density at radius 1 is 1.14 bits per heavy atom. The van der Waals surface area contributed by atoms with E-state index in [-0.39, 0.29) is 29.8 Å². The van der Waals surface area contributed by atoms with E-state index >= 15 is 0 Å². The first-order valence-electron chi connectivity index (χ1n) is 9.50. The zero-order chi connectivity index (χ0) is 21.3. The molecule has 3 heterocycles. The molecule has 4 atom stereocenters. The third-order valence-electron chi connectivity index (χ3n) is 5.12. The number of hydrogen-bond donors (Lipinski definition) is 4. The summed E-state index contributed by atoms with van der Waals surface area (Å²) < 4.78 is 7.02. The van der Waals surface area contributed by atoms with Crippen molar-refractivity contribution in [3.05, 3.63) is 12.7 Å². The number of nitrogens with zero attached hydrogens (tertiary/aromatic N) is 4. The minimum absolute atomic E-state index is 0.0724. The standard InChI is InChI=1S/C18H25N5O6/c1-3-5-9(24)18(28,10(25)6-4-2)14-12(26)13(27)17(29-14)23-8-22-11-15(19)20-7-21-16(11)23/h7-8,12-14,17,26-28H,3-6H2,1-2H3,(H2,19,20,21). The van der Waals surface area contributed by atoms with Crippen molar-refractivity contribution in [1.29, 1.82) is 0 Å². The predicted octanol–water partition coefficient (Wildman–Crippen LogP) is -0.503. The molecule has 0 aliphatic carbocycles. The van der Waals surface area contributed by atoms with Gasteiger partial charge in [-0.05, 0) is 12.8 Å². The van der Waals surface area contributed by atoms with Gasteiger partial charge < -0.3 is 25.8 Å². The molecule has 5 N–H and O–H groups in total. The molecule has 158 valence electrons. The van der Waals surface area contributed by atoms with E-state index in [1.165, 1.54) is 17.2 Å². The monoisotopic (exact) mass is 407 g/mol. The van der Waals surface area contributed by atoms with E-state index in [0.717, 1.165) is 0 Å². The van der Waals surface area contributed by atoms with Crippen LogP contribution in [0.2, 0.25) is 0 Å². The van der Waals surface area contributed by atoms with Gasteiger partial charge in [0.1, 0.15) is 30.2 Å². The molecule has 1 aliphatic rings. The molecule has 0 aromatic carbocycles. The number of hydrogen-bond acceptors (Lipinski definition) is 10. The van der Waals surface area contributed by atoms with Crippen molar-refractivity contribution in [2.75, 3.05) is 5.73 Å². The number of ether oxygens (including phenoxy) is 1. The summed E-state index contributed by atoms with van der Waals surface area (Å²) in [6, 6.07) is 0. The molecule has 3 rings (SSSR count). The van der Waals surface area contributed by atoms with Gasteiger partial charge in [-0.3, -0.25) is 14.2 Å². The molecule has 2 aromatic heterocycles. The van der Waals surface area contributed by atoms with Gasteiger partial charge >= 0.3 is 0 Å². The smallest absolute Gasteiger partial charge is 0.210 e. The number of carbonyl (C=O) groups excluding carboxylic acids is 2. The number of nitrogens with two attached hydrogens (primary N) is 1. The van der Waals surface area contributed by atoms with Crippen molar-refractivity contribution in [3.63, 3.8) is 0 Å². The zero-order valence-corrected chi connectivity index (χ0v) is 16.2. The summed E-state index contributed by atoms with van der Waals surface area (Å²) in [7, 11) is 0. The van der Waals surface area contributed by atoms with Crippen LogP contribution in [0.1, 0.15) is 45.8 Å². The van der Waals surface area contributed by atoms with Crippen LogP contribution in [0.25, 0.3) is 11.2 Å². The van der Waals surface area contributed by atoms with Crippen LogP contribution in [0.5, 0.6) is 0 Å². The fourth-order valence-corrected chi connectivity index (χ4v) is 3.60. The van der Waals surface area contributed by atoms with E-state index in [2.05, 4.69) is 15.0 Å². The second kappa shape index (κ2) is 8.11. The fourth-order valence-electron chi connectivity index (χ4n) is 3.60. The average Bonchev–Trinajstić information content (AvgIpc) is 3.24. The van der Waals surface area contributed by atoms with E-state index < -0.39 is 41.7 Å². The Morgan fingerprint density at radius 2 is 1.76 bits per heavy atom. The first-order chi connectivity index (χ1) is 13.8. The maximum atomic E-state index is 12.7. The minimum Gasteiger partial charge on any atom is -0.387 e. The normalized spacial score (nSPS) is 24.9. The molecule has 1 aliphatic heterocycles. The summed E-state index contributed by atoms with van der Waals surface area (Å²) in [5.74, 6) is -1.39. The van der Waals surface area contributed by atoms with E-state index in [4.69, 9.17) is 10.5 Å². The van der Waals surface area contributed by atoms with Crippen molar-refractivity contribution >= 4 is 28.5 Å². The molecule has 0 amide bonds. The molecule has 0 spiro atoms. The molecule has 4 unspecified atom stereocenters. The van der Waals surface area contributed by atoms with Gasteiger partial charge in [-0.2, -0.15) is 0 Å². The third-order valence-corrected chi connectivity index (χ3v) is 5.12. The number of fused-ring (bicyclic) bond motifs is 1. The highest BCUT2D eigenvalue weighted by atomic mass is 16.6. The van der Waals surface area contributed by atoms with Crippen molar-refractivity contribution in [2.45, 2.75) is 69.7 Å². The average molecular weight is 407 g/mol. The van der Waals surface area contributed by atoms with E-state index in [1.54, 1.807) is 13.8 Å². The van der Waals surface area contributed by atoms with Gasteiger partial charge in [-0.25, -0.2) is 15.0 Å². The SMILES string of the molecule is CCCC(=O)C(O)(C(=O)CCC)C1OC(n2cnc3c(N)ncnc32)C(O)C1O. The number of carbonyl (C=O) groups is 2. The number of Topliss-reactive ketones (excluding diaryl/α,β-unsaturated/α-hetero) is 2. The molecule has 1 saturated heterocycles. The first-order valence-corrected chi connectivity index (χ1v) is 9.50. The number of anilines is 1. The molecule has 0 radical (unpaired) electrons. The second-order valence-corrected chi connectivity index (χ2v) is 7.12. The number of ketones is 2. The van der Waals surface area contributed by atoms with Gasteiger partial charge in [0, 0.05) is 12.8 Å². The summed E-state index contributed by atoms with van der Waals surface area (Å²) in [6.45, 7) is 3.46. The van der Waals surface area contributed by atoms with Crippen molar-refractivity contribution in [3.8, 4) is 0 Å². The molecular weight excluding hydrogens is 382 g/mol. The largest absolute Gasteiger partial charge is 0.387 e. The van der Waals surface area contributed by atoms with Gasteiger partial charge in [0.2, 0.25) is 5.60 Å². The lowest BCUT2D eigenvalue weighted by Gasteiger charge is -2.32. The number of rotatable bonds is 8. The summed E-state index contributed by atoms with van der Waals surface area (Å²) in [6.07, 6.45) is -2.98. The Balaban J connectivity index is 2.01. The number of aromatic nitrogens is 4. The topological polar surface area (TPSA) is 174 Å². The molecule has 11 nitrogen and oxygen atoms in total. The number of aliphatic hydroxyl groups excluding tert-OH is 2. The summed E-state index contributed by atoms with van der Waals surface area (Å²) in [5.41, 5.74) is 3.70. The van der Waals surface area contributed by atoms with Gasteiger partial charge in [-0.15, -0.1) is 0 Å². The molecule has 1 fully saturated rings. The Bertz CT molecular complexity index is 897. The quantitative estimate of drug-likeness (QED) is 0.417. The van der Waals surface area contributed by atoms with E-state index in [1.807, 2.05) is 0 Å². The summed E-state index contributed by atoms with van der Waals surface area (Å²) in [4.78, 5) is 37.3. The second-order valence-electron chi connectivity index (χ2n) is 7.12. The molecule has 11 heteroatoms. The number of imidazole rings is 1. The Kier molecular flexibility index (Phi) is 5.94. The van der Waals surface area contributed by atoms with Crippen LogP contribution >= 0.6 is 0 Å². The third kappa shape index (κ3) is 3.39. The highest BCUT2D eigenvalue weighted by molar-refractivity contribution is 6.11. The van der Waals surface area contributed by atoms with Crippen LogP contribution in [0.3, 0.4) is 0 Å². The van der Waals surface area contributed by atoms with Gasteiger partial charge in [0.05, 0.1) is 6.33 Å². The van der Waals surface area contributed by atoms with Crippen molar-refractivity contribution in [1.82, 2.24) is 19.5 Å². The Hall–Kier alpha value is -2.47. The summed E-state index contributed by atoms with van der Waals surface area (Å²) >= 11 is 0. The lowest BCUT2D eigenvalue weighted by Crippen LogP contribution is -2.59. The maximum absolute atomic E-state index is 12.7. The molecular formula is C18H25N5O6. The summed E-state index contributed by atoms with van der Waals surface area (Å²) in [5, 5.41) is 32.3. The molecule has 29 heavy (non-hydrogen) atoms. The lowest BCUT2D eigenvalue weighted by molar-refractivity contribution is -0.176. The Labute approximate surface area is 166 Å². The van der Waals surface area contributed by atoms with Crippen LogP contribution in [0.15, 0.2) is 12.7 Å². The molecule has 0 bridgehead atoms. The van der Waals surface area contributed by atoms with E-state index in [0.29, 0.717) is 12.8 Å². The van der Waals surface area contributed by atoms with E-state index in [9.17, 15) is 24.9 Å². The van der Waals surface area contributed by atoms with Crippen LogP contribution in [0.4, 0.5) is 5.82 Å². The minimum atomic E-state index is -2.56. The highest BCUT2D eigenvalue weighted by Crippen LogP contribution is 2.38. The molecule has 0 saturated carbocycles. The zero-order valence-electron chi connectivity index (χ0n) is 16.2. The van der Waals surface area contributed by atoms with Crippen LogP contribution < -0.4 is 5.73 Å². The van der Waals surface area contributed by atoms with Gasteiger partial charge in [0.25, 0.3) is 0 Å². The van der Waals surface area contributed by atoms with Gasteiger partial charge in [0.15, 0.2) is 29.3 Å². The fraction of sp³-hybridized carbons (Fsp3) is 0.611. The first kappa shape index (κ1) is 21.2. The maximum Gasteiger partial charge on any atom is 0.210 e. The Morgan fingerprint density at radius 3 is 2.34 bits per heavy atom. The van der Waals surface area contributed by atoms with Crippen molar-refractivity contribution in [2.24, 2.45) is 0 Å². The number of aliphatic hydroxyl groups is 3. The number of nitrogen functional groups attached to an aromatic ring is 1. The van der Waals surface area contributed by atoms with Crippen LogP contribution in [0, 0.1) is 0 Å².